The number of nitrogens with two attached hydrogens (primary N) is 1. The average molecular weight is 301 g/mol. The summed E-state index contributed by atoms with van der Waals surface area (Å²) in [5.74, 6) is 0.601. The number of benzene rings is 1. The van der Waals surface area contributed by atoms with Gasteiger partial charge in [0.2, 0.25) is 0 Å². The van der Waals surface area contributed by atoms with Gasteiger partial charge in [0, 0.05) is 6.04 Å². The smallest absolute Gasteiger partial charge is 0.387 e. The predicted octanol–water partition coefficient (Wildman–Crippen LogP) is 2.50. The SMILES string of the molecule is CCOc1cc(CN=C(N)NC(C)C)ccc1OC(F)F. The van der Waals surface area contributed by atoms with E-state index in [1.54, 1.807) is 19.1 Å². The van der Waals surface area contributed by atoms with E-state index in [1.807, 2.05) is 13.8 Å². The first-order valence-corrected chi connectivity index (χ1v) is 6.69. The van der Waals surface area contributed by atoms with Crippen LogP contribution in [0.5, 0.6) is 11.5 Å². The highest BCUT2D eigenvalue weighted by Crippen LogP contribution is 2.30. The molecule has 0 radical (unpaired) electrons. The van der Waals surface area contributed by atoms with E-state index in [0.29, 0.717) is 19.1 Å². The van der Waals surface area contributed by atoms with Crippen molar-refractivity contribution in [3.05, 3.63) is 23.8 Å². The Morgan fingerprint density at radius 1 is 1.33 bits per heavy atom. The van der Waals surface area contributed by atoms with Crippen molar-refractivity contribution in [2.24, 2.45) is 10.7 Å². The fourth-order valence-electron chi connectivity index (χ4n) is 1.63. The zero-order chi connectivity index (χ0) is 15.8. The monoisotopic (exact) mass is 301 g/mol. The van der Waals surface area contributed by atoms with E-state index in [4.69, 9.17) is 10.5 Å². The van der Waals surface area contributed by atoms with E-state index in [1.165, 1.54) is 6.07 Å². The van der Waals surface area contributed by atoms with Gasteiger partial charge < -0.3 is 20.5 Å². The molecule has 5 nitrogen and oxygen atoms in total. The number of rotatable bonds is 7. The first-order chi connectivity index (χ1) is 9.92. The molecule has 0 aromatic heterocycles. The molecule has 0 atom stereocenters. The van der Waals surface area contributed by atoms with E-state index in [2.05, 4.69) is 15.0 Å². The van der Waals surface area contributed by atoms with Crippen molar-refractivity contribution in [1.82, 2.24) is 5.32 Å². The molecular weight excluding hydrogens is 280 g/mol. The summed E-state index contributed by atoms with van der Waals surface area (Å²) in [5.41, 5.74) is 6.48. The highest BCUT2D eigenvalue weighted by Gasteiger charge is 2.11. The Morgan fingerprint density at radius 2 is 2.05 bits per heavy atom. The lowest BCUT2D eigenvalue weighted by atomic mass is 10.2. The van der Waals surface area contributed by atoms with Gasteiger partial charge in [-0.2, -0.15) is 8.78 Å². The Morgan fingerprint density at radius 3 is 2.62 bits per heavy atom. The van der Waals surface area contributed by atoms with Gasteiger partial charge in [-0.05, 0) is 38.5 Å². The molecule has 0 unspecified atom stereocenters. The second-order valence-corrected chi connectivity index (χ2v) is 4.59. The zero-order valence-corrected chi connectivity index (χ0v) is 12.4. The van der Waals surface area contributed by atoms with Gasteiger partial charge in [-0.3, -0.25) is 0 Å². The summed E-state index contributed by atoms with van der Waals surface area (Å²) in [6, 6.07) is 4.89. The molecule has 0 amide bonds. The number of hydrogen-bond acceptors (Lipinski definition) is 3. The Kier molecular flexibility index (Phi) is 6.71. The molecule has 21 heavy (non-hydrogen) atoms. The van der Waals surface area contributed by atoms with Crippen LogP contribution in [-0.2, 0) is 6.54 Å². The molecule has 0 bridgehead atoms. The topological polar surface area (TPSA) is 68.9 Å². The molecule has 0 fully saturated rings. The lowest BCUT2D eigenvalue weighted by Crippen LogP contribution is -2.36. The van der Waals surface area contributed by atoms with E-state index < -0.39 is 6.61 Å². The second kappa shape index (κ2) is 8.28. The van der Waals surface area contributed by atoms with Crippen molar-refractivity contribution < 1.29 is 18.3 Å². The largest absolute Gasteiger partial charge is 0.490 e. The third-order valence-corrected chi connectivity index (χ3v) is 2.39. The minimum atomic E-state index is -2.89. The van der Waals surface area contributed by atoms with Crippen LogP contribution >= 0.6 is 0 Å². The first kappa shape index (κ1) is 17.0. The number of alkyl halides is 2. The van der Waals surface area contributed by atoms with Gasteiger partial charge >= 0.3 is 6.61 Å². The van der Waals surface area contributed by atoms with Crippen molar-refractivity contribution in [3.63, 3.8) is 0 Å². The first-order valence-electron chi connectivity index (χ1n) is 6.69. The van der Waals surface area contributed by atoms with Gasteiger partial charge in [-0.25, -0.2) is 4.99 Å². The molecule has 118 valence electrons. The number of hydrogen-bond donors (Lipinski definition) is 2. The summed E-state index contributed by atoms with van der Waals surface area (Å²) in [5, 5.41) is 2.96. The van der Waals surface area contributed by atoms with Crippen LogP contribution in [0, 0.1) is 0 Å². The maximum Gasteiger partial charge on any atom is 0.387 e. The lowest BCUT2D eigenvalue weighted by Gasteiger charge is -2.12. The van der Waals surface area contributed by atoms with E-state index >= 15 is 0 Å². The molecule has 0 aliphatic rings. The molecule has 0 spiro atoms. The molecule has 1 rings (SSSR count). The number of nitrogens with one attached hydrogen (secondary N) is 1. The third-order valence-electron chi connectivity index (χ3n) is 2.39. The molecule has 0 aliphatic heterocycles. The Bertz CT molecular complexity index is 479. The van der Waals surface area contributed by atoms with Crippen LogP contribution in [0.3, 0.4) is 0 Å². The summed E-state index contributed by atoms with van der Waals surface area (Å²) in [4.78, 5) is 4.17. The summed E-state index contributed by atoms with van der Waals surface area (Å²) in [6.45, 7) is 3.45. The molecule has 0 saturated carbocycles. The van der Waals surface area contributed by atoms with Crippen LogP contribution in [-0.4, -0.2) is 25.2 Å². The van der Waals surface area contributed by atoms with Crippen LogP contribution in [0.1, 0.15) is 26.3 Å². The van der Waals surface area contributed by atoms with Gasteiger partial charge in [0.25, 0.3) is 0 Å². The fourth-order valence-corrected chi connectivity index (χ4v) is 1.63. The number of aliphatic imine (C=N–C) groups is 1. The van der Waals surface area contributed by atoms with Crippen LogP contribution in [0.4, 0.5) is 8.78 Å². The third kappa shape index (κ3) is 6.29. The van der Waals surface area contributed by atoms with Crippen LogP contribution < -0.4 is 20.5 Å². The molecule has 0 heterocycles. The Hall–Kier alpha value is -2.05. The normalized spacial score (nSPS) is 11.9. The maximum absolute atomic E-state index is 12.3. The summed E-state index contributed by atoms with van der Waals surface area (Å²) >= 11 is 0. The molecule has 7 heteroatoms. The minimum Gasteiger partial charge on any atom is -0.490 e. The van der Waals surface area contributed by atoms with Gasteiger partial charge in [0.05, 0.1) is 13.2 Å². The Balaban J connectivity index is 2.82. The zero-order valence-electron chi connectivity index (χ0n) is 12.4. The van der Waals surface area contributed by atoms with E-state index in [0.717, 1.165) is 5.56 Å². The van der Waals surface area contributed by atoms with Gasteiger partial charge in [0.1, 0.15) is 0 Å². The van der Waals surface area contributed by atoms with E-state index in [9.17, 15) is 8.78 Å². The quantitative estimate of drug-likeness (QED) is 0.600. The molecule has 0 saturated heterocycles. The molecular formula is C14H21F2N3O2. The summed E-state index contributed by atoms with van der Waals surface area (Å²) in [6.07, 6.45) is 0. The van der Waals surface area contributed by atoms with Crippen molar-refractivity contribution in [2.45, 2.75) is 40.0 Å². The fraction of sp³-hybridized carbons (Fsp3) is 0.500. The van der Waals surface area contributed by atoms with E-state index in [-0.39, 0.29) is 17.5 Å². The van der Waals surface area contributed by atoms with Gasteiger partial charge in [-0.15, -0.1) is 0 Å². The molecule has 1 aromatic rings. The minimum absolute atomic E-state index is 0.00727. The highest BCUT2D eigenvalue weighted by atomic mass is 19.3. The number of ether oxygens (including phenoxy) is 2. The molecule has 0 aliphatic carbocycles. The van der Waals surface area contributed by atoms with Gasteiger partial charge in [0.15, 0.2) is 17.5 Å². The number of halogens is 2. The van der Waals surface area contributed by atoms with Crippen molar-refractivity contribution in [2.75, 3.05) is 6.61 Å². The predicted molar refractivity (Wildman–Crippen MR) is 77.8 cm³/mol. The maximum atomic E-state index is 12.3. The molecule has 3 N–H and O–H groups in total. The summed E-state index contributed by atoms with van der Waals surface area (Å²) in [7, 11) is 0. The highest BCUT2D eigenvalue weighted by molar-refractivity contribution is 5.78. The van der Waals surface area contributed by atoms with Crippen molar-refractivity contribution >= 4 is 5.96 Å². The number of nitrogens with zero attached hydrogens (tertiary/aromatic N) is 1. The van der Waals surface area contributed by atoms with Gasteiger partial charge in [-0.1, -0.05) is 6.07 Å². The Labute approximate surface area is 123 Å². The van der Waals surface area contributed by atoms with Crippen LogP contribution in [0.2, 0.25) is 0 Å². The standard InChI is InChI=1S/C14H21F2N3O2/c1-4-20-12-7-10(5-6-11(12)21-13(15)16)8-18-14(17)19-9(2)3/h5-7,9,13H,4,8H2,1-3H3,(H3,17,18,19). The van der Waals surface area contributed by atoms with Crippen molar-refractivity contribution in [1.29, 1.82) is 0 Å². The van der Waals surface area contributed by atoms with Crippen LogP contribution in [0.15, 0.2) is 23.2 Å². The van der Waals surface area contributed by atoms with Crippen LogP contribution in [0.25, 0.3) is 0 Å². The summed E-state index contributed by atoms with van der Waals surface area (Å²) < 4.78 is 34.3. The lowest BCUT2D eigenvalue weighted by molar-refractivity contribution is -0.0514. The average Bonchev–Trinajstić information content (AvgIpc) is 2.38. The number of guanidine groups is 1. The second-order valence-electron chi connectivity index (χ2n) is 4.59. The molecule has 1 aromatic carbocycles. The van der Waals surface area contributed by atoms with Crippen molar-refractivity contribution in [3.8, 4) is 11.5 Å².